The van der Waals surface area contributed by atoms with Crippen LogP contribution in [0.2, 0.25) is 0 Å². The predicted molar refractivity (Wildman–Crippen MR) is 146 cm³/mol. The molecule has 189 valence electrons. The minimum Gasteiger partial charge on any atom is -0.512 e. The van der Waals surface area contributed by atoms with Gasteiger partial charge in [0.2, 0.25) is 0 Å². The van der Waals surface area contributed by atoms with E-state index in [0.717, 1.165) is 39.1 Å². The molecular weight excluding hydrogens is 639 g/mol. The Morgan fingerprint density at radius 1 is 0.919 bits per heavy atom. The first-order valence-electron chi connectivity index (χ1n) is 11.7. The number of aliphatic hydroxyl groups is 1. The maximum Gasteiger partial charge on any atom is 0.155 e. The standard InChI is InChI=1S/C27H20NO.C5H8O2.Ir/c1-18-8-6-9-19(2)27(18)26-15-23-17-28-24(16-25(23)29-26)22-13-7-12-21(14-22)20-10-4-3-5-11-20;1-4(6)3-5(2)7;/h3-12,14-17H,1-2H3;3,6H,1-2H3;/q-1;;/b;4-3-;. The smallest absolute Gasteiger partial charge is 0.155 e. The summed E-state index contributed by atoms with van der Waals surface area (Å²) in [7, 11) is 0. The molecule has 0 atom stereocenters. The number of hydrogen-bond donors (Lipinski definition) is 1. The van der Waals surface area contributed by atoms with E-state index in [2.05, 4.69) is 73.4 Å². The molecular formula is C32H28IrNO3-. The van der Waals surface area contributed by atoms with E-state index >= 15 is 0 Å². The zero-order chi connectivity index (χ0) is 25.7. The molecule has 5 rings (SSSR count). The van der Waals surface area contributed by atoms with Crippen LogP contribution >= 0.6 is 0 Å². The van der Waals surface area contributed by atoms with Crippen LogP contribution in [0.4, 0.5) is 0 Å². The molecule has 0 aliphatic carbocycles. The Bertz CT molecular complexity index is 1530. The van der Waals surface area contributed by atoms with Gasteiger partial charge in [-0.25, -0.2) is 0 Å². The van der Waals surface area contributed by atoms with Gasteiger partial charge in [-0.05, 0) is 62.2 Å². The molecule has 4 nitrogen and oxygen atoms in total. The third kappa shape index (κ3) is 6.91. The number of fused-ring (bicyclic) bond motifs is 1. The summed E-state index contributed by atoms with van der Waals surface area (Å²) in [4.78, 5) is 14.7. The Labute approximate surface area is 231 Å². The van der Waals surface area contributed by atoms with Crippen molar-refractivity contribution in [2.24, 2.45) is 0 Å². The number of aryl methyl sites for hydroxylation is 2. The molecule has 0 aliphatic rings. The number of furan rings is 1. The quantitative estimate of drug-likeness (QED) is 0.119. The Balaban J connectivity index is 0.000000422. The SMILES string of the molecule is CC(=O)/C=C(/C)O.Cc1cccc(C)c1-c1cc2cnc(-c3[c-]ccc(-c4ccccc4)c3)cc2o1.[Ir]. The summed E-state index contributed by atoms with van der Waals surface area (Å²) in [5.74, 6) is 0.823. The van der Waals surface area contributed by atoms with Gasteiger partial charge in [-0.2, -0.15) is 0 Å². The zero-order valence-electron chi connectivity index (χ0n) is 21.2. The first kappa shape index (κ1) is 27.8. The summed E-state index contributed by atoms with van der Waals surface area (Å²) in [6.45, 7) is 7.08. The van der Waals surface area contributed by atoms with E-state index in [1.54, 1.807) is 0 Å². The second kappa shape index (κ2) is 12.4. The molecule has 5 aromatic rings. The topological polar surface area (TPSA) is 63.3 Å². The molecule has 0 fully saturated rings. The molecule has 0 unspecified atom stereocenters. The van der Waals surface area contributed by atoms with E-state index in [-0.39, 0.29) is 31.6 Å². The number of rotatable bonds is 4. The number of carbonyl (C=O) groups is 1. The van der Waals surface area contributed by atoms with Gasteiger partial charge in [-0.3, -0.25) is 4.79 Å². The van der Waals surface area contributed by atoms with Crippen molar-refractivity contribution in [3.63, 3.8) is 0 Å². The van der Waals surface area contributed by atoms with Crippen molar-refractivity contribution in [2.75, 3.05) is 0 Å². The summed E-state index contributed by atoms with van der Waals surface area (Å²) in [6.07, 6.45) is 3.05. The fourth-order valence-corrected chi connectivity index (χ4v) is 4.13. The van der Waals surface area contributed by atoms with Crippen molar-refractivity contribution >= 4 is 16.8 Å². The Kier molecular flexibility index (Phi) is 9.35. The van der Waals surface area contributed by atoms with Gasteiger partial charge >= 0.3 is 0 Å². The van der Waals surface area contributed by atoms with Gasteiger partial charge in [-0.15, -0.1) is 35.4 Å². The third-order valence-electron chi connectivity index (χ3n) is 5.73. The van der Waals surface area contributed by atoms with E-state index in [1.807, 2.05) is 36.5 Å². The number of hydrogen-bond acceptors (Lipinski definition) is 4. The Morgan fingerprint density at radius 2 is 1.62 bits per heavy atom. The van der Waals surface area contributed by atoms with Gasteiger partial charge in [0.05, 0.1) is 5.76 Å². The van der Waals surface area contributed by atoms with Gasteiger partial charge in [-0.1, -0.05) is 48.5 Å². The summed E-state index contributed by atoms with van der Waals surface area (Å²) < 4.78 is 6.24. The van der Waals surface area contributed by atoms with Crippen LogP contribution in [-0.4, -0.2) is 15.9 Å². The minimum atomic E-state index is -0.125. The largest absolute Gasteiger partial charge is 0.512 e. The second-order valence-corrected chi connectivity index (χ2v) is 8.74. The van der Waals surface area contributed by atoms with Crippen LogP contribution < -0.4 is 0 Å². The Morgan fingerprint density at radius 3 is 2.24 bits per heavy atom. The van der Waals surface area contributed by atoms with Crippen LogP contribution in [0.15, 0.2) is 101 Å². The molecule has 0 aliphatic heterocycles. The number of allylic oxidation sites excluding steroid dienone is 2. The van der Waals surface area contributed by atoms with Crippen molar-refractivity contribution in [1.82, 2.24) is 4.98 Å². The average molecular weight is 667 g/mol. The molecule has 0 amide bonds. The molecule has 2 aromatic heterocycles. The fraction of sp³-hybridized carbons (Fsp3) is 0.125. The van der Waals surface area contributed by atoms with Crippen LogP contribution in [0.25, 0.3) is 44.7 Å². The molecule has 0 bridgehead atoms. The van der Waals surface area contributed by atoms with E-state index in [9.17, 15) is 4.79 Å². The number of nitrogens with zero attached hydrogens (tertiary/aromatic N) is 1. The monoisotopic (exact) mass is 667 g/mol. The molecule has 0 spiro atoms. The first-order chi connectivity index (χ1) is 17.3. The summed E-state index contributed by atoms with van der Waals surface area (Å²) in [5.41, 5.74) is 8.56. The van der Waals surface area contributed by atoms with Crippen molar-refractivity contribution in [3.05, 3.63) is 114 Å². The molecule has 1 radical (unpaired) electrons. The minimum absolute atomic E-state index is 0. The third-order valence-corrected chi connectivity index (χ3v) is 5.73. The molecule has 1 N–H and O–H groups in total. The predicted octanol–water partition coefficient (Wildman–Crippen LogP) is 8.28. The number of ketones is 1. The average Bonchev–Trinajstić information content (AvgIpc) is 3.27. The zero-order valence-corrected chi connectivity index (χ0v) is 23.6. The summed E-state index contributed by atoms with van der Waals surface area (Å²) in [6, 6.07) is 30.2. The van der Waals surface area contributed by atoms with Crippen molar-refractivity contribution in [3.8, 4) is 33.7 Å². The number of benzene rings is 3. The van der Waals surface area contributed by atoms with Gasteiger partial charge in [0.1, 0.15) is 11.3 Å². The van der Waals surface area contributed by atoms with E-state index in [1.165, 1.54) is 36.6 Å². The van der Waals surface area contributed by atoms with Gasteiger partial charge in [0.15, 0.2) is 5.78 Å². The number of pyridine rings is 1. The molecule has 5 heteroatoms. The fourth-order valence-electron chi connectivity index (χ4n) is 4.13. The van der Waals surface area contributed by atoms with E-state index < -0.39 is 0 Å². The van der Waals surface area contributed by atoms with E-state index in [0.29, 0.717) is 0 Å². The maximum absolute atomic E-state index is 10.0. The van der Waals surface area contributed by atoms with Gasteiger partial charge < -0.3 is 14.5 Å². The molecule has 0 saturated heterocycles. The molecule has 37 heavy (non-hydrogen) atoms. The molecule has 2 heterocycles. The molecule has 0 saturated carbocycles. The second-order valence-electron chi connectivity index (χ2n) is 8.74. The summed E-state index contributed by atoms with van der Waals surface area (Å²) >= 11 is 0. The van der Waals surface area contributed by atoms with E-state index in [4.69, 9.17) is 9.52 Å². The first-order valence-corrected chi connectivity index (χ1v) is 11.7. The maximum atomic E-state index is 10.0. The van der Waals surface area contributed by atoms with Gasteiger partial charge in [0.25, 0.3) is 0 Å². The van der Waals surface area contributed by atoms with Crippen molar-refractivity contribution in [1.29, 1.82) is 0 Å². The van der Waals surface area contributed by atoms with Crippen LogP contribution in [0.3, 0.4) is 0 Å². The van der Waals surface area contributed by atoms with Crippen molar-refractivity contribution in [2.45, 2.75) is 27.7 Å². The Hall–Kier alpha value is -3.79. The molecule has 3 aromatic carbocycles. The van der Waals surface area contributed by atoms with Crippen LogP contribution in [0, 0.1) is 19.9 Å². The van der Waals surface area contributed by atoms with Crippen LogP contribution in [0.1, 0.15) is 25.0 Å². The number of carbonyl (C=O) groups excluding carboxylic acids is 1. The van der Waals surface area contributed by atoms with Crippen molar-refractivity contribution < 1.29 is 34.4 Å². The van der Waals surface area contributed by atoms with Crippen LogP contribution in [0.5, 0.6) is 0 Å². The number of aliphatic hydroxyl groups excluding tert-OH is 1. The summed E-state index contributed by atoms with van der Waals surface area (Å²) in [5, 5.41) is 9.37. The number of aromatic nitrogens is 1. The normalized spacial score (nSPS) is 10.9. The van der Waals surface area contributed by atoms with Gasteiger partial charge in [0, 0.05) is 43.3 Å². The van der Waals surface area contributed by atoms with Crippen LogP contribution in [-0.2, 0) is 24.9 Å².